The van der Waals surface area contributed by atoms with Gasteiger partial charge in [-0.2, -0.15) is 0 Å². The third kappa shape index (κ3) is 4.76. The van der Waals surface area contributed by atoms with Crippen LogP contribution in [0.4, 0.5) is 5.69 Å². The molecular weight excluding hydrogens is 386 g/mol. The molecule has 0 saturated carbocycles. The molecule has 8 heteroatoms. The molecular formula is C19H30ClN3O3S. The number of carbonyl (C=O) groups excluding carboxylic acids is 1. The summed E-state index contributed by atoms with van der Waals surface area (Å²) in [7, 11) is -3.20. The average Bonchev–Trinajstić information content (AvgIpc) is 2.99. The molecule has 0 atom stereocenters. The second kappa shape index (κ2) is 9.26. The van der Waals surface area contributed by atoms with Gasteiger partial charge in [0.1, 0.15) is 0 Å². The SMILES string of the molecule is CCCN(C(=O)c1ccc(N2CCCS2(=O)=O)cc1C)C1CCNCC1.Cl. The van der Waals surface area contributed by atoms with Crippen molar-refractivity contribution in [1.82, 2.24) is 10.2 Å². The van der Waals surface area contributed by atoms with Crippen LogP contribution in [0.2, 0.25) is 0 Å². The van der Waals surface area contributed by atoms with E-state index < -0.39 is 10.0 Å². The molecule has 3 rings (SSSR count). The van der Waals surface area contributed by atoms with Crippen molar-refractivity contribution >= 4 is 34.0 Å². The second-order valence-electron chi connectivity index (χ2n) is 7.22. The van der Waals surface area contributed by atoms with E-state index in [4.69, 9.17) is 0 Å². The molecule has 2 fully saturated rings. The Hall–Kier alpha value is -1.31. The van der Waals surface area contributed by atoms with E-state index in [2.05, 4.69) is 12.2 Å². The Bertz CT molecular complexity index is 763. The minimum atomic E-state index is -3.20. The summed E-state index contributed by atoms with van der Waals surface area (Å²) in [5.41, 5.74) is 2.18. The molecule has 2 aliphatic rings. The summed E-state index contributed by atoms with van der Waals surface area (Å²) < 4.78 is 25.7. The lowest BCUT2D eigenvalue weighted by Gasteiger charge is -2.35. The number of halogens is 1. The number of sulfonamides is 1. The maximum absolute atomic E-state index is 13.2. The third-order valence-electron chi connectivity index (χ3n) is 5.30. The first-order valence-electron chi connectivity index (χ1n) is 9.57. The molecule has 0 spiro atoms. The molecule has 152 valence electrons. The van der Waals surface area contributed by atoms with Crippen molar-refractivity contribution in [3.8, 4) is 0 Å². The number of carbonyl (C=O) groups is 1. The van der Waals surface area contributed by atoms with Crippen LogP contribution in [0.15, 0.2) is 18.2 Å². The first-order chi connectivity index (χ1) is 12.4. The van der Waals surface area contributed by atoms with Crippen molar-refractivity contribution < 1.29 is 13.2 Å². The number of nitrogens with one attached hydrogen (secondary N) is 1. The summed E-state index contributed by atoms with van der Waals surface area (Å²) in [5.74, 6) is 0.263. The number of hydrogen-bond acceptors (Lipinski definition) is 4. The fourth-order valence-corrected chi connectivity index (χ4v) is 5.49. The smallest absolute Gasteiger partial charge is 0.254 e. The predicted octanol–water partition coefficient (Wildman–Crippen LogP) is 2.56. The van der Waals surface area contributed by atoms with Crippen LogP contribution >= 0.6 is 12.4 Å². The lowest BCUT2D eigenvalue weighted by molar-refractivity contribution is 0.0642. The maximum atomic E-state index is 13.2. The fourth-order valence-electron chi connectivity index (χ4n) is 3.94. The molecule has 0 aliphatic carbocycles. The van der Waals surface area contributed by atoms with Crippen LogP contribution in [0.3, 0.4) is 0 Å². The van der Waals surface area contributed by atoms with Crippen LogP contribution in [0.25, 0.3) is 0 Å². The number of rotatable bonds is 5. The van der Waals surface area contributed by atoms with Gasteiger partial charge < -0.3 is 10.2 Å². The van der Waals surface area contributed by atoms with Crippen molar-refractivity contribution in [2.45, 2.75) is 45.6 Å². The van der Waals surface area contributed by atoms with E-state index in [0.29, 0.717) is 24.2 Å². The zero-order valence-corrected chi connectivity index (χ0v) is 17.7. The Morgan fingerprint density at radius 3 is 2.56 bits per heavy atom. The Morgan fingerprint density at radius 2 is 2.00 bits per heavy atom. The lowest BCUT2D eigenvalue weighted by Crippen LogP contribution is -2.46. The van der Waals surface area contributed by atoms with E-state index in [1.165, 1.54) is 4.31 Å². The van der Waals surface area contributed by atoms with E-state index >= 15 is 0 Å². The molecule has 1 aromatic carbocycles. The molecule has 2 saturated heterocycles. The summed E-state index contributed by atoms with van der Waals surface area (Å²) in [6, 6.07) is 5.69. The highest BCUT2D eigenvalue weighted by Crippen LogP contribution is 2.27. The van der Waals surface area contributed by atoms with Crippen LogP contribution in [0.1, 0.15) is 48.5 Å². The van der Waals surface area contributed by atoms with Crippen molar-refractivity contribution in [3.63, 3.8) is 0 Å². The molecule has 6 nitrogen and oxygen atoms in total. The van der Waals surface area contributed by atoms with Crippen molar-refractivity contribution in [3.05, 3.63) is 29.3 Å². The van der Waals surface area contributed by atoms with Gasteiger partial charge in [-0.25, -0.2) is 8.42 Å². The lowest BCUT2D eigenvalue weighted by atomic mass is 10.0. The summed E-state index contributed by atoms with van der Waals surface area (Å²) in [4.78, 5) is 15.2. The monoisotopic (exact) mass is 415 g/mol. The molecule has 0 bridgehead atoms. The quantitative estimate of drug-likeness (QED) is 0.802. The van der Waals surface area contributed by atoms with Gasteiger partial charge in [0.2, 0.25) is 10.0 Å². The van der Waals surface area contributed by atoms with Gasteiger partial charge in [0.25, 0.3) is 5.91 Å². The van der Waals surface area contributed by atoms with Crippen LogP contribution in [0, 0.1) is 6.92 Å². The number of hydrogen-bond donors (Lipinski definition) is 1. The molecule has 1 aromatic rings. The first-order valence-corrected chi connectivity index (χ1v) is 11.2. The van der Waals surface area contributed by atoms with Crippen LogP contribution < -0.4 is 9.62 Å². The standard InChI is InChI=1S/C19H29N3O3S.ClH/c1-3-11-21(16-7-9-20-10-8-16)19(23)18-6-5-17(14-15(18)2)22-12-4-13-26(22,24)25;/h5-6,14,16,20H,3-4,7-13H2,1-2H3;1H. The zero-order chi connectivity index (χ0) is 18.7. The van der Waals surface area contributed by atoms with E-state index in [0.717, 1.165) is 44.5 Å². The van der Waals surface area contributed by atoms with Crippen molar-refractivity contribution in [1.29, 1.82) is 0 Å². The minimum absolute atomic E-state index is 0. The highest BCUT2D eigenvalue weighted by atomic mass is 35.5. The van der Waals surface area contributed by atoms with Crippen LogP contribution in [-0.2, 0) is 10.0 Å². The van der Waals surface area contributed by atoms with E-state index in [9.17, 15) is 13.2 Å². The van der Waals surface area contributed by atoms with E-state index in [1.807, 2.05) is 17.9 Å². The molecule has 0 aromatic heterocycles. The van der Waals surface area contributed by atoms with Gasteiger partial charge in [-0.05, 0) is 69.5 Å². The van der Waals surface area contributed by atoms with Gasteiger partial charge in [0, 0.05) is 24.7 Å². The average molecular weight is 416 g/mol. The highest BCUT2D eigenvalue weighted by molar-refractivity contribution is 7.93. The maximum Gasteiger partial charge on any atom is 0.254 e. The molecule has 1 N–H and O–H groups in total. The Balaban J connectivity index is 0.00000261. The van der Waals surface area contributed by atoms with Crippen LogP contribution in [-0.4, -0.2) is 57.2 Å². The number of piperidine rings is 1. The number of benzene rings is 1. The largest absolute Gasteiger partial charge is 0.336 e. The summed E-state index contributed by atoms with van der Waals surface area (Å²) >= 11 is 0. The van der Waals surface area contributed by atoms with Gasteiger partial charge in [0.05, 0.1) is 11.4 Å². The third-order valence-corrected chi connectivity index (χ3v) is 7.17. The number of nitrogens with zero attached hydrogens (tertiary/aromatic N) is 2. The summed E-state index contributed by atoms with van der Waals surface area (Å²) in [6.45, 7) is 7.16. The van der Waals surface area contributed by atoms with Gasteiger partial charge in [0.15, 0.2) is 0 Å². The van der Waals surface area contributed by atoms with Crippen molar-refractivity contribution in [2.24, 2.45) is 0 Å². The molecule has 1 amide bonds. The molecule has 2 heterocycles. The molecule has 2 aliphatic heterocycles. The normalized spacial score (nSPS) is 19.6. The first kappa shape index (κ1) is 22.0. The Morgan fingerprint density at radius 1 is 1.30 bits per heavy atom. The molecule has 0 unspecified atom stereocenters. The van der Waals surface area contributed by atoms with Gasteiger partial charge in [-0.15, -0.1) is 12.4 Å². The highest BCUT2D eigenvalue weighted by Gasteiger charge is 2.30. The number of anilines is 1. The Kier molecular flexibility index (Phi) is 7.54. The van der Waals surface area contributed by atoms with Crippen molar-refractivity contribution in [2.75, 3.05) is 36.2 Å². The summed E-state index contributed by atoms with van der Waals surface area (Å²) in [5, 5.41) is 3.35. The number of aryl methyl sites for hydroxylation is 1. The Labute approximate surface area is 168 Å². The topological polar surface area (TPSA) is 69.7 Å². The van der Waals surface area contributed by atoms with Crippen LogP contribution in [0.5, 0.6) is 0 Å². The summed E-state index contributed by atoms with van der Waals surface area (Å²) in [6.07, 6.45) is 3.55. The van der Waals surface area contributed by atoms with Gasteiger partial charge >= 0.3 is 0 Å². The van der Waals surface area contributed by atoms with E-state index in [-0.39, 0.29) is 30.1 Å². The number of amides is 1. The van der Waals surface area contributed by atoms with Gasteiger partial charge in [-0.1, -0.05) is 6.92 Å². The predicted molar refractivity (Wildman–Crippen MR) is 111 cm³/mol. The zero-order valence-electron chi connectivity index (χ0n) is 16.1. The van der Waals surface area contributed by atoms with E-state index in [1.54, 1.807) is 12.1 Å². The minimum Gasteiger partial charge on any atom is -0.336 e. The second-order valence-corrected chi connectivity index (χ2v) is 9.23. The molecule has 0 radical (unpaired) electrons. The van der Waals surface area contributed by atoms with Gasteiger partial charge in [-0.3, -0.25) is 9.10 Å². The fraction of sp³-hybridized carbons (Fsp3) is 0.632. The molecule has 27 heavy (non-hydrogen) atoms.